The number of quaternary nitrogens is 2. The Morgan fingerprint density at radius 1 is 1.00 bits per heavy atom. The summed E-state index contributed by atoms with van der Waals surface area (Å²) in [6.07, 6.45) is 0. The third kappa shape index (κ3) is 5.46. The van der Waals surface area contributed by atoms with Crippen LogP contribution >= 0.6 is 0 Å². The molecule has 0 aromatic rings. The van der Waals surface area contributed by atoms with Crippen molar-refractivity contribution in [3.05, 3.63) is 0 Å². The number of carbonyl (C=O) groups excluding carboxylic acids is 1. The molecule has 6 N–H and O–H groups in total. The van der Waals surface area contributed by atoms with Crippen LogP contribution in [0.2, 0.25) is 0 Å². The van der Waals surface area contributed by atoms with Crippen molar-refractivity contribution in [1.29, 1.82) is 0 Å². The van der Waals surface area contributed by atoms with Crippen LogP contribution in [0.25, 0.3) is 0 Å². The van der Waals surface area contributed by atoms with Gasteiger partial charge in [0.15, 0.2) is 0 Å². The molecule has 0 fully saturated rings. The molecule has 0 amide bonds. The average molecular weight is 250 g/mol. The zero-order valence-electron chi connectivity index (χ0n) is 7.00. The molecular formula is C3H10N2O7S2+4. The topological polar surface area (TPSA) is 165 Å². The summed E-state index contributed by atoms with van der Waals surface area (Å²) in [4.78, 5) is 10.8. The Bertz CT molecular complexity index is 275. The van der Waals surface area contributed by atoms with E-state index < -0.39 is 38.3 Å². The van der Waals surface area contributed by atoms with E-state index in [-0.39, 0.29) is 0 Å². The molecular weight excluding hydrogens is 240 g/mol. The van der Waals surface area contributed by atoms with Crippen LogP contribution in [0.4, 0.5) is 0 Å². The first-order valence-electron chi connectivity index (χ1n) is 3.07. The van der Waals surface area contributed by atoms with Gasteiger partial charge in [-0.1, -0.05) is 0 Å². The number of ketones is 1. The molecule has 2 radical (unpaired) electrons. The molecule has 9 nitrogen and oxygen atoms in total. The van der Waals surface area contributed by atoms with E-state index >= 15 is 0 Å². The molecule has 0 heterocycles. The van der Waals surface area contributed by atoms with E-state index in [1.807, 2.05) is 0 Å². The van der Waals surface area contributed by atoms with Crippen molar-refractivity contribution in [3.63, 3.8) is 0 Å². The summed E-state index contributed by atoms with van der Waals surface area (Å²) in [7, 11) is -8.20. The maximum atomic E-state index is 10.8. The smallest absolute Gasteiger partial charge is 0.288 e. The van der Waals surface area contributed by atoms with Gasteiger partial charge in [0.05, 0.1) is 9.11 Å². The molecule has 2 atom stereocenters. The Kier molecular flexibility index (Phi) is 4.90. The molecule has 0 aliphatic rings. The highest BCUT2D eigenvalue weighted by atomic mass is 32.3. The third-order valence-corrected chi connectivity index (χ3v) is 3.10. The lowest BCUT2D eigenvalue weighted by atomic mass is 10.5. The minimum absolute atomic E-state index is 1.07. The van der Waals surface area contributed by atoms with Crippen LogP contribution in [0.5, 0.6) is 0 Å². The van der Waals surface area contributed by atoms with Gasteiger partial charge in [-0.25, -0.2) is 0 Å². The maximum Gasteiger partial charge on any atom is 0.456 e. The Morgan fingerprint density at radius 2 is 1.29 bits per heavy atom. The van der Waals surface area contributed by atoms with E-state index in [1.165, 1.54) is 0 Å². The van der Waals surface area contributed by atoms with Crippen LogP contribution in [0.15, 0.2) is 0 Å². The zero-order chi connectivity index (χ0) is 11.4. The highest BCUT2D eigenvalue weighted by Gasteiger charge is 2.44. The van der Waals surface area contributed by atoms with Gasteiger partial charge in [-0.2, -0.15) is 11.8 Å². The second kappa shape index (κ2) is 4.99. The van der Waals surface area contributed by atoms with Crippen molar-refractivity contribution in [3.8, 4) is 0 Å². The van der Waals surface area contributed by atoms with Crippen molar-refractivity contribution in [2.24, 2.45) is 0 Å². The van der Waals surface area contributed by atoms with Crippen molar-refractivity contribution >= 4 is 26.8 Å². The summed E-state index contributed by atoms with van der Waals surface area (Å²) < 4.78 is 49.9. The first kappa shape index (κ1) is 13.7. The summed E-state index contributed by atoms with van der Waals surface area (Å²) in [5.74, 6) is 1.96. The summed E-state index contributed by atoms with van der Waals surface area (Å²) in [6, 6.07) is 0. The maximum absolute atomic E-state index is 10.8. The number of hydrogen-bond acceptors (Lipinski definition) is 5. The molecule has 0 aliphatic carbocycles. The average Bonchev–Trinajstić information content (AvgIpc) is 2.02. The van der Waals surface area contributed by atoms with Crippen molar-refractivity contribution in [1.82, 2.24) is 0 Å². The van der Waals surface area contributed by atoms with Crippen LogP contribution in [0.1, 0.15) is 0 Å². The largest absolute Gasteiger partial charge is 0.456 e. The van der Waals surface area contributed by atoms with E-state index in [9.17, 15) is 22.3 Å². The van der Waals surface area contributed by atoms with E-state index in [2.05, 4.69) is 20.4 Å². The molecule has 11 heteroatoms. The zero-order valence-corrected chi connectivity index (χ0v) is 8.64. The Morgan fingerprint density at radius 3 is 1.50 bits per heavy atom. The molecule has 0 saturated carbocycles. The molecule has 0 spiro atoms. The van der Waals surface area contributed by atoms with Crippen LogP contribution in [-0.4, -0.2) is 17.3 Å². The first-order chi connectivity index (χ1) is 6.22. The van der Waals surface area contributed by atoms with Crippen LogP contribution < -0.4 is 11.8 Å². The fourth-order valence-corrected chi connectivity index (χ4v) is 1.81. The normalized spacial score (nSPS) is 19.7. The monoisotopic (exact) mass is 250 g/mol. The standard InChI is InChI=1S/C3H10N2O7S2/c4-11-13(7,8)1-3(6)2-14(9,10)12-5/h1-2H2,4-5H3/q+4. The Labute approximate surface area is 81.6 Å². The quantitative estimate of drug-likeness (QED) is 0.367. The number of hydrogen-bond donors (Lipinski definition) is 2. The van der Waals surface area contributed by atoms with E-state index in [1.54, 1.807) is 0 Å². The second-order valence-electron chi connectivity index (χ2n) is 2.18. The minimum Gasteiger partial charge on any atom is -0.288 e. The number of Topliss-reactive ketones (excluding diaryl/α,β-unsaturated/α-hetero) is 1. The molecule has 82 valence electrons. The van der Waals surface area contributed by atoms with E-state index in [0.717, 1.165) is 0 Å². The summed E-state index contributed by atoms with van der Waals surface area (Å²) in [5, 5.41) is 0. The number of carbonyl (C=O) groups is 1. The molecule has 0 bridgehead atoms. The van der Waals surface area contributed by atoms with Crippen LogP contribution in [-0.2, 0) is 51.9 Å². The van der Waals surface area contributed by atoms with Gasteiger partial charge in [0.1, 0.15) is 0 Å². The molecule has 14 heavy (non-hydrogen) atoms. The number of rotatable bonds is 6. The lowest BCUT2D eigenvalue weighted by Crippen LogP contribution is -2.55. The highest BCUT2D eigenvalue weighted by Crippen LogP contribution is 2.04. The van der Waals surface area contributed by atoms with Crippen LogP contribution in [0.3, 0.4) is 0 Å². The van der Waals surface area contributed by atoms with Gasteiger partial charge in [0.2, 0.25) is 17.3 Å². The SMILES string of the molecule is [NH3+]O[S+]([O])(=O)CC(=O)C[S+]([O])(=O)O[NH3+]. The lowest BCUT2D eigenvalue weighted by molar-refractivity contribution is -0.637. The summed E-state index contributed by atoms with van der Waals surface area (Å²) in [6.45, 7) is 0. The van der Waals surface area contributed by atoms with Crippen molar-refractivity contribution < 1.29 is 42.7 Å². The predicted octanol–water partition coefficient (Wildman–Crippen LogP) is -3.58. The van der Waals surface area contributed by atoms with Gasteiger partial charge in [0.25, 0.3) is 0 Å². The first-order valence-corrected chi connectivity index (χ1v) is 6.22. The lowest BCUT2D eigenvalue weighted by Gasteiger charge is -1.92. The second-order valence-corrected chi connectivity index (χ2v) is 5.46. The minimum atomic E-state index is -4.10. The molecule has 0 aromatic heterocycles. The molecule has 2 unspecified atom stereocenters. The third-order valence-electron chi connectivity index (χ3n) is 1.03. The fraction of sp³-hybridized carbons (Fsp3) is 0.667. The van der Waals surface area contributed by atoms with Gasteiger partial charge in [-0.15, -0.1) is 0 Å². The molecule has 0 saturated heterocycles. The van der Waals surface area contributed by atoms with Crippen molar-refractivity contribution in [2.45, 2.75) is 0 Å². The fourth-order valence-electron chi connectivity index (χ4n) is 0.519. The van der Waals surface area contributed by atoms with E-state index in [4.69, 9.17) is 0 Å². The van der Waals surface area contributed by atoms with Gasteiger partial charge < -0.3 is 0 Å². The highest BCUT2D eigenvalue weighted by molar-refractivity contribution is 7.95. The Balaban J connectivity index is 4.26. The van der Waals surface area contributed by atoms with E-state index in [0.29, 0.717) is 0 Å². The van der Waals surface area contributed by atoms with Gasteiger partial charge in [-0.05, 0) is 8.42 Å². The van der Waals surface area contributed by atoms with Gasteiger partial charge >= 0.3 is 21.0 Å². The molecule has 0 rings (SSSR count). The summed E-state index contributed by atoms with van der Waals surface area (Å²) in [5.41, 5.74) is 0. The van der Waals surface area contributed by atoms with Gasteiger partial charge in [-0.3, -0.25) is 4.79 Å². The van der Waals surface area contributed by atoms with Gasteiger partial charge in [0, 0.05) is 8.57 Å². The molecule has 0 aliphatic heterocycles. The molecule has 0 aromatic carbocycles. The predicted molar refractivity (Wildman–Crippen MR) is 40.2 cm³/mol. The Hall–Kier alpha value is -0.270. The summed E-state index contributed by atoms with van der Waals surface area (Å²) >= 11 is 0. The van der Waals surface area contributed by atoms with Crippen LogP contribution in [0, 0.1) is 0 Å². The van der Waals surface area contributed by atoms with Crippen molar-refractivity contribution in [2.75, 3.05) is 11.5 Å².